The Morgan fingerprint density at radius 3 is 3.19 bits per heavy atom. The van der Waals surface area contributed by atoms with Crippen LogP contribution in [0.3, 0.4) is 0 Å². The predicted octanol–water partition coefficient (Wildman–Crippen LogP) is 1.39. The minimum atomic E-state index is 0.119. The average molecular weight is 221 g/mol. The Bertz CT molecular complexity index is 354. The molecular formula is C12H19N3O. The van der Waals surface area contributed by atoms with Gasteiger partial charge in [-0.2, -0.15) is 0 Å². The quantitative estimate of drug-likeness (QED) is 0.784. The van der Waals surface area contributed by atoms with Gasteiger partial charge in [0.2, 0.25) is 0 Å². The second-order valence-corrected chi connectivity index (χ2v) is 4.28. The molecule has 2 N–H and O–H groups in total. The molecule has 1 heterocycles. The molecule has 0 aliphatic heterocycles. The summed E-state index contributed by atoms with van der Waals surface area (Å²) >= 11 is 0. The van der Waals surface area contributed by atoms with Gasteiger partial charge in [-0.1, -0.05) is 6.42 Å². The molecule has 0 fully saturated rings. The van der Waals surface area contributed by atoms with Gasteiger partial charge >= 0.3 is 0 Å². The number of methoxy groups -OCH3 is 1. The summed E-state index contributed by atoms with van der Waals surface area (Å²) in [6.07, 6.45) is 7.13. The second-order valence-electron chi connectivity index (χ2n) is 4.28. The molecule has 1 atom stereocenters. The molecule has 0 spiro atoms. The van der Waals surface area contributed by atoms with Gasteiger partial charge in [-0.25, -0.2) is 9.97 Å². The summed E-state index contributed by atoms with van der Waals surface area (Å²) in [5.41, 5.74) is 8.37. The van der Waals surface area contributed by atoms with E-state index in [0.29, 0.717) is 6.61 Å². The van der Waals surface area contributed by atoms with Gasteiger partial charge in [-0.3, -0.25) is 0 Å². The number of aryl methyl sites for hydroxylation is 1. The van der Waals surface area contributed by atoms with Crippen molar-refractivity contribution in [3.8, 4) is 0 Å². The van der Waals surface area contributed by atoms with Crippen LogP contribution in [-0.2, 0) is 17.6 Å². The highest BCUT2D eigenvalue weighted by atomic mass is 16.5. The molecule has 16 heavy (non-hydrogen) atoms. The van der Waals surface area contributed by atoms with Crippen LogP contribution in [0, 0.1) is 0 Å². The first kappa shape index (κ1) is 11.5. The molecule has 1 aromatic heterocycles. The third-order valence-corrected chi connectivity index (χ3v) is 3.06. The zero-order chi connectivity index (χ0) is 11.4. The molecule has 4 heteroatoms. The van der Waals surface area contributed by atoms with Crippen LogP contribution >= 0.6 is 0 Å². The third kappa shape index (κ3) is 2.57. The molecule has 88 valence electrons. The van der Waals surface area contributed by atoms with Crippen LogP contribution in [0.25, 0.3) is 0 Å². The summed E-state index contributed by atoms with van der Waals surface area (Å²) in [6.45, 7) is 0.671. The van der Waals surface area contributed by atoms with E-state index in [-0.39, 0.29) is 6.04 Å². The minimum Gasteiger partial charge on any atom is -0.384 e. The number of aromatic nitrogens is 2. The van der Waals surface area contributed by atoms with Gasteiger partial charge in [0.1, 0.15) is 5.82 Å². The Morgan fingerprint density at radius 2 is 2.38 bits per heavy atom. The molecule has 0 saturated heterocycles. The maximum absolute atomic E-state index is 6.09. The molecule has 0 amide bonds. The van der Waals surface area contributed by atoms with E-state index >= 15 is 0 Å². The first-order valence-electron chi connectivity index (χ1n) is 5.90. The number of nitrogens with zero attached hydrogens (tertiary/aromatic N) is 2. The lowest BCUT2D eigenvalue weighted by Crippen LogP contribution is -2.13. The van der Waals surface area contributed by atoms with Gasteiger partial charge in [0.15, 0.2) is 0 Å². The summed E-state index contributed by atoms with van der Waals surface area (Å²) in [5, 5.41) is 0. The zero-order valence-electron chi connectivity index (χ0n) is 9.78. The molecule has 0 saturated carbocycles. The van der Waals surface area contributed by atoms with Crippen molar-refractivity contribution in [2.75, 3.05) is 13.7 Å². The molecule has 1 aliphatic carbocycles. The van der Waals surface area contributed by atoms with E-state index in [9.17, 15) is 0 Å². The van der Waals surface area contributed by atoms with Gasteiger partial charge < -0.3 is 10.5 Å². The number of fused-ring (bicyclic) bond motifs is 1. The highest BCUT2D eigenvalue weighted by molar-refractivity contribution is 5.22. The van der Waals surface area contributed by atoms with E-state index in [2.05, 4.69) is 9.97 Å². The molecule has 0 aromatic carbocycles. The van der Waals surface area contributed by atoms with Crippen molar-refractivity contribution in [1.29, 1.82) is 0 Å². The first-order valence-corrected chi connectivity index (χ1v) is 5.90. The third-order valence-electron chi connectivity index (χ3n) is 3.06. The summed E-state index contributed by atoms with van der Waals surface area (Å²) in [4.78, 5) is 8.94. The van der Waals surface area contributed by atoms with Crippen molar-refractivity contribution in [1.82, 2.24) is 9.97 Å². The largest absolute Gasteiger partial charge is 0.384 e. The Balaban J connectivity index is 2.19. The number of nitrogens with two attached hydrogens (primary N) is 1. The van der Waals surface area contributed by atoms with Crippen LogP contribution in [0.15, 0.2) is 6.20 Å². The van der Waals surface area contributed by atoms with Gasteiger partial charge in [-0.05, 0) is 19.3 Å². The fraction of sp³-hybridized carbons (Fsp3) is 0.667. The van der Waals surface area contributed by atoms with Crippen molar-refractivity contribution in [2.24, 2.45) is 5.73 Å². The Morgan fingerprint density at radius 1 is 1.50 bits per heavy atom. The molecule has 1 aliphatic rings. The van der Waals surface area contributed by atoms with Crippen LogP contribution in [0.2, 0.25) is 0 Å². The SMILES string of the molecule is COCCc1ncc2c(n1)CCCCC2N. The van der Waals surface area contributed by atoms with Gasteiger partial charge in [0, 0.05) is 37.0 Å². The van der Waals surface area contributed by atoms with Crippen molar-refractivity contribution < 1.29 is 4.74 Å². The van der Waals surface area contributed by atoms with E-state index in [1.54, 1.807) is 7.11 Å². The Hall–Kier alpha value is -1.00. The number of hydrogen-bond acceptors (Lipinski definition) is 4. The Labute approximate surface area is 96.2 Å². The lowest BCUT2D eigenvalue weighted by molar-refractivity contribution is 0.200. The fourth-order valence-electron chi connectivity index (χ4n) is 2.10. The molecule has 0 bridgehead atoms. The smallest absolute Gasteiger partial charge is 0.130 e. The molecule has 4 nitrogen and oxygen atoms in total. The van der Waals surface area contributed by atoms with E-state index in [4.69, 9.17) is 10.5 Å². The van der Waals surface area contributed by atoms with E-state index < -0.39 is 0 Å². The highest BCUT2D eigenvalue weighted by Gasteiger charge is 2.17. The summed E-state index contributed by atoms with van der Waals surface area (Å²) in [5.74, 6) is 0.870. The monoisotopic (exact) mass is 221 g/mol. The average Bonchev–Trinajstić information content (AvgIpc) is 2.49. The van der Waals surface area contributed by atoms with Crippen LogP contribution in [0.5, 0.6) is 0 Å². The Kier molecular flexibility index (Phi) is 3.85. The van der Waals surface area contributed by atoms with Crippen molar-refractivity contribution in [3.05, 3.63) is 23.3 Å². The number of hydrogen-bond donors (Lipinski definition) is 1. The molecule has 1 aromatic rings. The first-order chi connectivity index (χ1) is 7.81. The van der Waals surface area contributed by atoms with Crippen LogP contribution in [0.4, 0.5) is 0 Å². The van der Waals surface area contributed by atoms with Crippen LogP contribution < -0.4 is 5.73 Å². The van der Waals surface area contributed by atoms with Crippen molar-refractivity contribution in [3.63, 3.8) is 0 Å². The molecule has 0 radical (unpaired) electrons. The molecule has 1 unspecified atom stereocenters. The number of rotatable bonds is 3. The lowest BCUT2D eigenvalue weighted by Gasteiger charge is -2.11. The molecular weight excluding hydrogens is 202 g/mol. The van der Waals surface area contributed by atoms with E-state index in [0.717, 1.165) is 36.3 Å². The topological polar surface area (TPSA) is 61.0 Å². The van der Waals surface area contributed by atoms with Gasteiger partial charge in [0.05, 0.1) is 6.61 Å². The molecule has 2 rings (SSSR count). The maximum atomic E-state index is 6.09. The maximum Gasteiger partial charge on any atom is 0.130 e. The van der Waals surface area contributed by atoms with Crippen LogP contribution in [-0.4, -0.2) is 23.7 Å². The highest BCUT2D eigenvalue weighted by Crippen LogP contribution is 2.24. The van der Waals surface area contributed by atoms with Crippen molar-refractivity contribution >= 4 is 0 Å². The van der Waals surface area contributed by atoms with E-state index in [1.165, 1.54) is 12.8 Å². The van der Waals surface area contributed by atoms with Crippen molar-refractivity contribution in [2.45, 2.75) is 38.1 Å². The van der Waals surface area contributed by atoms with E-state index in [1.807, 2.05) is 6.20 Å². The normalized spacial score (nSPS) is 20.2. The second kappa shape index (κ2) is 5.37. The standard InChI is InChI=1S/C12H19N3O/c1-16-7-6-12-14-8-9-10(13)4-2-3-5-11(9)15-12/h8,10H,2-7,13H2,1H3. The number of ether oxygens (including phenoxy) is 1. The lowest BCUT2D eigenvalue weighted by atomic mass is 10.1. The van der Waals surface area contributed by atoms with Gasteiger partial charge in [-0.15, -0.1) is 0 Å². The summed E-state index contributed by atoms with van der Waals surface area (Å²) < 4.78 is 5.03. The van der Waals surface area contributed by atoms with Gasteiger partial charge in [0.25, 0.3) is 0 Å². The predicted molar refractivity (Wildman–Crippen MR) is 62.1 cm³/mol. The minimum absolute atomic E-state index is 0.119. The summed E-state index contributed by atoms with van der Waals surface area (Å²) in [7, 11) is 1.69. The zero-order valence-corrected chi connectivity index (χ0v) is 9.78. The summed E-state index contributed by atoms with van der Waals surface area (Å²) in [6, 6.07) is 0.119. The fourth-order valence-corrected chi connectivity index (χ4v) is 2.10. The van der Waals surface area contributed by atoms with Crippen LogP contribution in [0.1, 0.15) is 42.4 Å².